The van der Waals surface area contributed by atoms with Gasteiger partial charge in [-0.1, -0.05) is 18.7 Å². The van der Waals surface area contributed by atoms with E-state index in [1.807, 2.05) is 6.92 Å². The number of fused-ring (bicyclic) bond motifs is 2. The van der Waals surface area contributed by atoms with Gasteiger partial charge in [0, 0.05) is 29.3 Å². The second-order valence-corrected chi connectivity index (χ2v) is 10.8. The molecule has 1 aromatic carbocycles. The van der Waals surface area contributed by atoms with Crippen LogP contribution in [0.5, 0.6) is 5.75 Å². The van der Waals surface area contributed by atoms with Crippen molar-refractivity contribution in [2.45, 2.75) is 30.7 Å². The van der Waals surface area contributed by atoms with Crippen LogP contribution in [0.2, 0.25) is 0 Å². The smallest absolute Gasteiger partial charge is 0.234 e. The molecule has 11 nitrogen and oxygen atoms in total. The maximum absolute atomic E-state index is 15.3. The first-order valence-corrected chi connectivity index (χ1v) is 12.7. The fourth-order valence-electron chi connectivity index (χ4n) is 5.47. The topological polar surface area (TPSA) is 167 Å². The summed E-state index contributed by atoms with van der Waals surface area (Å²) in [5, 5.41) is 3.09. The van der Waals surface area contributed by atoms with E-state index in [4.69, 9.17) is 20.6 Å². The van der Waals surface area contributed by atoms with Gasteiger partial charge < -0.3 is 25.9 Å². The van der Waals surface area contributed by atoms with Gasteiger partial charge in [-0.2, -0.15) is 0 Å². The van der Waals surface area contributed by atoms with Gasteiger partial charge in [0.25, 0.3) is 0 Å². The molecule has 5 N–H and O–H groups in total. The molecule has 4 atom stereocenters. The fourth-order valence-corrected chi connectivity index (χ4v) is 6.97. The highest BCUT2D eigenvalue weighted by atomic mass is 32.2. The third-order valence-electron chi connectivity index (χ3n) is 7.27. The summed E-state index contributed by atoms with van der Waals surface area (Å²) in [4.78, 5) is 33.7. The van der Waals surface area contributed by atoms with Gasteiger partial charge in [0.15, 0.2) is 29.2 Å². The lowest BCUT2D eigenvalue weighted by atomic mass is 9.84. The number of amides is 1. The normalized spacial score (nSPS) is 25.6. The van der Waals surface area contributed by atoms with E-state index < -0.39 is 33.7 Å². The largest absolute Gasteiger partial charge is 0.482 e. The number of carbonyl (C=O) groups excluding carboxylic acids is 1. The van der Waals surface area contributed by atoms with Gasteiger partial charge in [-0.3, -0.25) is 9.79 Å². The molecular weight excluding hydrogens is 530 g/mol. The Hall–Kier alpha value is -4.33. The van der Waals surface area contributed by atoms with E-state index in [0.717, 1.165) is 17.8 Å². The summed E-state index contributed by atoms with van der Waals surface area (Å²) in [5.74, 6) is -2.38. The van der Waals surface area contributed by atoms with Crippen LogP contribution in [0.1, 0.15) is 25.3 Å². The molecule has 4 heterocycles. The molecule has 1 aliphatic carbocycles. The number of anilines is 2. The molecule has 14 heteroatoms. The molecule has 1 saturated carbocycles. The van der Waals surface area contributed by atoms with Crippen LogP contribution in [-0.2, 0) is 16.9 Å². The zero-order valence-corrected chi connectivity index (χ0v) is 21.5. The number of thioether (sulfide) groups is 1. The van der Waals surface area contributed by atoms with Crippen molar-refractivity contribution in [3.05, 3.63) is 66.3 Å². The standard InChI is InChI=1S/C25H22F2N8O3S/c1-11-20-24(2,35-23(29)39-25(11,20)22(28)36)14-5-12(6-15(26)18(14)27)34-21-19-16(32-10-33-21)7-13(8-31-19)38-9-17-30-3-4-37-17/h3-8,10-11,20H,9H2,1-2H3,(H2,28,36)(H2,29,35)(H,32,33,34)/t11-,20-,24+,25-/m0/s1. The number of carbonyl (C=O) groups is 1. The molecule has 0 spiro atoms. The Balaban J connectivity index is 1.34. The number of halogens is 2. The number of primary amides is 1. The minimum Gasteiger partial charge on any atom is -0.482 e. The molecule has 6 rings (SSSR count). The van der Waals surface area contributed by atoms with Crippen molar-refractivity contribution in [1.82, 2.24) is 19.9 Å². The number of rotatable bonds is 7. The van der Waals surface area contributed by atoms with E-state index in [1.165, 1.54) is 31.1 Å². The summed E-state index contributed by atoms with van der Waals surface area (Å²) < 4.78 is 40.0. The van der Waals surface area contributed by atoms with Crippen molar-refractivity contribution < 1.29 is 22.7 Å². The van der Waals surface area contributed by atoms with Gasteiger partial charge in [0.05, 0.1) is 23.4 Å². The molecule has 4 aromatic rings. The van der Waals surface area contributed by atoms with Gasteiger partial charge >= 0.3 is 0 Å². The molecule has 0 unspecified atom stereocenters. The van der Waals surface area contributed by atoms with Gasteiger partial charge in [0.1, 0.15) is 28.6 Å². The maximum Gasteiger partial charge on any atom is 0.234 e. The predicted octanol–water partition coefficient (Wildman–Crippen LogP) is 3.38. The summed E-state index contributed by atoms with van der Waals surface area (Å²) in [5.41, 5.74) is 11.4. The van der Waals surface area contributed by atoms with Crippen molar-refractivity contribution in [2.75, 3.05) is 5.32 Å². The Morgan fingerprint density at radius 3 is 2.79 bits per heavy atom. The number of nitrogens with one attached hydrogen (secondary N) is 1. The van der Waals surface area contributed by atoms with Crippen LogP contribution in [0.15, 0.2) is 52.6 Å². The zero-order chi connectivity index (χ0) is 27.5. The molecular formula is C25H22F2N8O3S. The predicted molar refractivity (Wildman–Crippen MR) is 139 cm³/mol. The molecule has 39 heavy (non-hydrogen) atoms. The summed E-state index contributed by atoms with van der Waals surface area (Å²) in [7, 11) is 0. The van der Waals surface area contributed by atoms with Crippen LogP contribution in [0, 0.1) is 23.5 Å². The van der Waals surface area contributed by atoms with Gasteiger partial charge in [-0.05, 0) is 18.9 Å². The van der Waals surface area contributed by atoms with E-state index in [9.17, 15) is 9.18 Å². The van der Waals surface area contributed by atoms with Crippen LogP contribution in [0.25, 0.3) is 11.0 Å². The van der Waals surface area contributed by atoms with E-state index in [0.29, 0.717) is 22.7 Å². The molecule has 0 radical (unpaired) electrons. The molecule has 200 valence electrons. The molecule has 2 aliphatic rings. The summed E-state index contributed by atoms with van der Waals surface area (Å²) in [6.45, 7) is 3.57. The van der Waals surface area contributed by atoms with Gasteiger partial charge in [-0.15, -0.1) is 0 Å². The number of aliphatic imine (C=N–C) groups is 1. The third-order valence-corrected chi connectivity index (χ3v) is 8.73. The molecule has 1 fully saturated rings. The number of pyridine rings is 1. The minimum atomic E-state index is -1.33. The van der Waals surface area contributed by atoms with Crippen LogP contribution in [0.4, 0.5) is 20.3 Å². The summed E-state index contributed by atoms with van der Waals surface area (Å²) >= 11 is 1.08. The highest BCUT2D eigenvalue weighted by Gasteiger charge is 2.75. The highest BCUT2D eigenvalue weighted by molar-refractivity contribution is 8.15. The van der Waals surface area contributed by atoms with Gasteiger partial charge in [-0.25, -0.2) is 28.7 Å². The van der Waals surface area contributed by atoms with Crippen LogP contribution < -0.4 is 21.5 Å². The summed E-state index contributed by atoms with van der Waals surface area (Å²) in [6, 6.07) is 4.10. The molecule has 3 aromatic heterocycles. The molecule has 1 aliphatic heterocycles. The van der Waals surface area contributed by atoms with Gasteiger partial charge in [0.2, 0.25) is 11.8 Å². The quantitative estimate of drug-likeness (QED) is 0.309. The third kappa shape index (κ3) is 3.93. The minimum absolute atomic E-state index is 0.0539. The maximum atomic E-state index is 15.3. The van der Waals surface area contributed by atoms with Crippen molar-refractivity contribution in [2.24, 2.45) is 28.3 Å². The van der Waals surface area contributed by atoms with Crippen LogP contribution >= 0.6 is 11.8 Å². The van der Waals surface area contributed by atoms with E-state index >= 15 is 4.39 Å². The highest BCUT2D eigenvalue weighted by Crippen LogP contribution is 2.69. The zero-order valence-electron chi connectivity index (χ0n) is 20.7. The van der Waals surface area contributed by atoms with Crippen molar-refractivity contribution >= 4 is 45.4 Å². The Kier molecular flexibility index (Phi) is 5.68. The lowest BCUT2D eigenvalue weighted by molar-refractivity contribution is -0.118. The number of amidine groups is 1. The first-order valence-electron chi connectivity index (χ1n) is 11.9. The van der Waals surface area contributed by atoms with E-state index in [1.54, 1.807) is 13.0 Å². The Morgan fingerprint density at radius 1 is 1.23 bits per heavy atom. The van der Waals surface area contributed by atoms with E-state index in [-0.39, 0.29) is 34.8 Å². The summed E-state index contributed by atoms with van der Waals surface area (Å²) in [6.07, 6.45) is 5.75. The molecule has 0 bridgehead atoms. The number of nitrogens with two attached hydrogens (primary N) is 2. The Morgan fingerprint density at radius 2 is 2.05 bits per heavy atom. The SMILES string of the molecule is C[C@H]1[C@@H]2[C@@]1(C(N)=O)SC(N)=N[C@]2(C)c1cc(Nc2ncnc3cc(OCc4ncco4)cnc23)cc(F)c1F. The molecule has 0 saturated heterocycles. The average molecular weight is 553 g/mol. The van der Waals surface area contributed by atoms with Crippen molar-refractivity contribution in [1.29, 1.82) is 0 Å². The number of hydrogen-bond acceptors (Lipinski definition) is 11. The second-order valence-electron chi connectivity index (χ2n) is 9.54. The number of benzene rings is 1. The number of aromatic nitrogens is 4. The lowest BCUT2D eigenvalue weighted by Crippen LogP contribution is -2.42. The first-order chi connectivity index (χ1) is 18.6. The monoisotopic (exact) mass is 552 g/mol. The molecule has 1 amide bonds. The second kappa shape index (κ2) is 8.86. The fraction of sp³-hybridized carbons (Fsp3) is 0.280. The average Bonchev–Trinajstić information content (AvgIpc) is 3.23. The lowest BCUT2D eigenvalue weighted by Gasteiger charge is -2.33. The Labute approximate surface area is 224 Å². The van der Waals surface area contributed by atoms with E-state index in [2.05, 4.69) is 30.2 Å². The number of nitrogens with zero attached hydrogens (tertiary/aromatic N) is 5. The number of oxazole rings is 1. The van der Waals surface area contributed by atoms with Crippen LogP contribution in [-0.4, -0.2) is 35.8 Å². The number of ether oxygens (including phenoxy) is 1. The van der Waals surface area contributed by atoms with Crippen molar-refractivity contribution in [3.8, 4) is 5.75 Å². The Bertz CT molecular complexity index is 1650. The number of hydrogen-bond donors (Lipinski definition) is 3. The van der Waals surface area contributed by atoms with Crippen LogP contribution in [0.3, 0.4) is 0 Å². The first kappa shape index (κ1) is 25.0. The van der Waals surface area contributed by atoms with Crippen molar-refractivity contribution in [3.63, 3.8) is 0 Å².